The molecule has 0 heterocycles. The minimum Gasteiger partial charge on any atom is -0.398 e. The number of rotatable bonds is 5. The lowest BCUT2D eigenvalue weighted by molar-refractivity contribution is -0.114. The lowest BCUT2D eigenvalue weighted by atomic mass is 10.2. The maximum Gasteiger partial charge on any atom is 0.239 e. The Hall–Kier alpha value is -0.290. The minimum atomic E-state index is -0.508. The highest BCUT2D eigenvalue weighted by atomic mass is 79.9. The van der Waals surface area contributed by atoms with Crippen molar-refractivity contribution in [1.29, 1.82) is 0 Å². The minimum absolute atomic E-state index is 0.0957. The molecular formula is C18H17Br2Cl5N2O4. The summed E-state index contributed by atoms with van der Waals surface area (Å²) in [5, 5.41) is 21.1. The van der Waals surface area contributed by atoms with E-state index in [1.165, 1.54) is 0 Å². The summed E-state index contributed by atoms with van der Waals surface area (Å²) in [6, 6.07) is 6.58. The van der Waals surface area contributed by atoms with Gasteiger partial charge < -0.3 is 21.3 Å². The van der Waals surface area contributed by atoms with Gasteiger partial charge in [0.1, 0.15) is 5.88 Å². The van der Waals surface area contributed by atoms with E-state index in [-0.39, 0.29) is 30.9 Å². The third-order valence-electron chi connectivity index (χ3n) is 3.25. The summed E-state index contributed by atoms with van der Waals surface area (Å²) >= 11 is 32.9. The van der Waals surface area contributed by atoms with Gasteiger partial charge >= 0.3 is 0 Å². The van der Waals surface area contributed by atoms with Gasteiger partial charge in [-0.2, -0.15) is 0 Å². The van der Waals surface area contributed by atoms with Crippen LogP contribution >= 0.6 is 89.9 Å². The van der Waals surface area contributed by atoms with Crippen LogP contribution < -0.4 is 11.1 Å². The van der Waals surface area contributed by atoms with Crippen LogP contribution in [0.4, 0.5) is 11.4 Å². The van der Waals surface area contributed by atoms with Crippen molar-refractivity contribution < 1.29 is 19.8 Å². The first-order valence-corrected chi connectivity index (χ1v) is 11.8. The first-order chi connectivity index (χ1) is 14.5. The molecule has 13 heteroatoms. The van der Waals surface area contributed by atoms with Crippen LogP contribution in [-0.4, -0.2) is 33.1 Å². The molecule has 0 unspecified atom stereocenters. The molecule has 0 atom stereocenters. The van der Waals surface area contributed by atoms with E-state index in [0.29, 0.717) is 41.5 Å². The summed E-state index contributed by atoms with van der Waals surface area (Å²) in [5.41, 5.74) is 7.76. The normalized spacial score (nSPS) is 9.71. The number of aliphatic hydroxyl groups excluding tert-OH is 2. The molecule has 0 aliphatic carbocycles. The number of alkyl halides is 2. The van der Waals surface area contributed by atoms with Crippen LogP contribution in [0.3, 0.4) is 0 Å². The SMILES string of the molecule is Nc1ccc(Cl)c(Br)c1CO.O=C(CCl)Nc1ccc(Cl)c(Br)c1CO.O=C(Cl)CCl. The van der Waals surface area contributed by atoms with Crippen molar-refractivity contribution in [2.24, 2.45) is 0 Å². The molecule has 2 aromatic rings. The van der Waals surface area contributed by atoms with Crippen LogP contribution in [0.5, 0.6) is 0 Å². The number of hydrogen-bond donors (Lipinski definition) is 4. The number of amides is 1. The molecule has 0 aliphatic heterocycles. The monoisotopic (exact) mass is 658 g/mol. The van der Waals surface area contributed by atoms with Gasteiger partial charge in [-0.15, -0.1) is 23.2 Å². The van der Waals surface area contributed by atoms with E-state index in [1.807, 2.05) is 0 Å². The summed E-state index contributed by atoms with van der Waals surface area (Å²) in [6.07, 6.45) is 0. The number of aliphatic hydroxyl groups is 2. The van der Waals surface area contributed by atoms with E-state index in [0.717, 1.165) is 0 Å². The highest BCUT2D eigenvalue weighted by Crippen LogP contribution is 2.32. The van der Waals surface area contributed by atoms with E-state index < -0.39 is 5.24 Å². The second-order valence-corrected chi connectivity index (χ2v) is 8.66. The summed E-state index contributed by atoms with van der Waals surface area (Å²) in [6.45, 7) is -0.327. The molecule has 0 radical (unpaired) electrons. The number of anilines is 2. The number of halogens is 7. The van der Waals surface area contributed by atoms with E-state index in [2.05, 4.69) is 37.2 Å². The second-order valence-electron chi connectivity index (χ2n) is 5.30. The number of benzene rings is 2. The second kappa shape index (κ2) is 16.3. The number of nitrogen functional groups attached to an aromatic ring is 1. The van der Waals surface area contributed by atoms with E-state index in [4.69, 9.17) is 74.0 Å². The maximum absolute atomic E-state index is 11.1. The number of hydrogen-bond acceptors (Lipinski definition) is 5. The zero-order valence-electron chi connectivity index (χ0n) is 15.6. The van der Waals surface area contributed by atoms with E-state index in [9.17, 15) is 9.59 Å². The van der Waals surface area contributed by atoms with Crippen molar-refractivity contribution in [3.05, 3.63) is 54.4 Å². The van der Waals surface area contributed by atoms with Gasteiger partial charge in [0.15, 0.2) is 0 Å². The van der Waals surface area contributed by atoms with Crippen LogP contribution in [0, 0.1) is 0 Å². The molecule has 0 spiro atoms. The Bertz CT molecular complexity index is 904. The lowest BCUT2D eigenvalue weighted by Crippen LogP contribution is -2.14. The predicted octanol–water partition coefficient (Wildman–Crippen LogP) is 5.94. The fourth-order valence-corrected chi connectivity index (χ4v) is 3.19. The third kappa shape index (κ3) is 10.9. The van der Waals surface area contributed by atoms with Crippen LogP contribution in [0.25, 0.3) is 0 Å². The predicted molar refractivity (Wildman–Crippen MR) is 135 cm³/mol. The summed E-state index contributed by atoms with van der Waals surface area (Å²) in [7, 11) is 0. The molecule has 0 saturated heterocycles. The Labute approximate surface area is 221 Å². The van der Waals surface area contributed by atoms with E-state index >= 15 is 0 Å². The fourth-order valence-electron chi connectivity index (χ4n) is 1.82. The van der Waals surface area contributed by atoms with E-state index in [1.54, 1.807) is 24.3 Å². The molecule has 0 fully saturated rings. The van der Waals surface area contributed by atoms with Crippen LogP contribution in [0.15, 0.2) is 33.2 Å². The molecule has 2 aromatic carbocycles. The number of nitrogens with one attached hydrogen (secondary N) is 1. The van der Waals surface area contributed by atoms with Gasteiger partial charge in [0.05, 0.1) is 29.1 Å². The highest BCUT2D eigenvalue weighted by molar-refractivity contribution is 9.11. The Balaban J connectivity index is 0.000000492. The molecule has 0 bridgehead atoms. The van der Waals surface area contributed by atoms with Crippen molar-refractivity contribution in [2.75, 3.05) is 22.8 Å². The van der Waals surface area contributed by atoms with Gasteiger partial charge in [0.2, 0.25) is 11.1 Å². The average Bonchev–Trinajstić information content (AvgIpc) is 2.75. The summed E-state index contributed by atoms with van der Waals surface area (Å²) in [5.74, 6) is -0.562. The number of carbonyl (C=O) groups is 2. The fraction of sp³-hybridized carbons (Fsp3) is 0.222. The number of carbonyl (C=O) groups excluding carboxylic acids is 2. The van der Waals surface area contributed by atoms with Gasteiger partial charge in [0.25, 0.3) is 0 Å². The Morgan fingerprint density at radius 3 is 1.74 bits per heavy atom. The van der Waals surface area contributed by atoms with Gasteiger partial charge in [-0.3, -0.25) is 9.59 Å². The van der Waals surface area contributed by atoms with Gasteiger partial charge in [0, 0.05) is 31.4 Å². The standard InChI is InChI=1S/C9H8BrCl2NO2.C7H7BrClNO.C2H2Cl2O/c10-9-5(4-14)7(2-1-6(9)12)13-8(15)3-11;8-7-4(3-11)6(10)2-1-5(7)9;3-1-2(4)5/h1-2,14H,3-4H2,(H,13,15);1-2,11H,3,10H2;1H2. The molecule has 172 valence electrons. The van der Waals surface area contributed by atoms with Gasteiger partial charge in [-0.05, 0) is 67.7 Å². The molecule has 6 nitrogen and oxygen atoms in total. The first-order valence-electron chi connectivity index (χ1n) is 8.04. The smallest absolute Gasteiger partial charge is 0.239 e. The van der Waals surface area contributed by atoms with Crippen molar-refractivity contribution >= 4 is 112 Å². The lowest BCUT2D eigenvalue weighted by Gasteiger charge is -2.11. The molecule has 5 N–H and O–H groups in total. The van der Waals surface area contributed by atoms with Crippen LogP contribution in [0.2, 0.25) is 10.0 Å². The molecule has 0 aliphatic rings. The van der Waals surface area contributed by atoms with Crippen LogP contribution in [0.1, 0.15) is 11.1 Å². The zero-order valence-corrected chi connectivity index (χ0v) is 22.5. The number of nitrogens with two attached hydrogens (primary N) is 1. The molecule has 0 saturated carbocycles. The van der Waals surface area contributed by atoms with Crippen molar-refractivity contribution in [1.82, 2.24) is 0 Å². The van der Waals surface area contributed by atoms with Gasteiger partial charge in [-0.25, -0.2) is 0 Å². The van der Waals surface area contributed by atoms with Gasteiger partial charge in [-0.1, -0.05) is 23.2 Å². The summed E-state index contributed by atoms with van der Waals surface area (Å²) in [4.78, 5) is 20.5. The molecule has 2 rings (SSSR count). The quantitative estimate of drug-likeness (QED) is 0.180. The molecule has 0 aromatic heterocycles. The first kappa shape index (κ1) is 30.7. The summed E-state index contributed by atoms with van der Waals surface area (Å²) < 4.78 is 1.24. The molecule has 31 heavy (non-hydrogen) atoms. The topological polar surface area (TPSA) is 113 Å². The third-order valence-corrected chi connectivity index (χ3v) is 6.90. The molecular weight excluding hydrogens is 645 g/mol. The van der Waals surface area contributed by atoms with Crippen molar-refractivity contribution in [3.63, 3.8) is 0 Å². The average molecular weight is 662 g/mol. The Morgan fingerprint density at radius 1 is 0.903 bits per heavy atom. The maximum atomic E-state index is 11.1. The van der Waals surface area contributed by atoms with Crippen molar-refractivity contribution in [3.8, 4) is 0 Å². The molecule has 1 amide bonds. The van der Waals surface area contributed by atoms with Crippen molar-refractivity contribution in [2.45, 2.75) is 13.2 Å². The Morgan fingerprint density at radius 2 is 1.35 bits per heavy atom. The largest absolute Gasteiger partial charge is 0.398 e. The highest BCUT2D eigenvalue weighted by Gasteiger charge is 2.11. The zero-order chi connectivity index (χ0) is 24.1. The Kier molecular flexibility index (Phi) is 16.2. The van der Waals surface area contributed by atoms with Crippen LogP contribution in [-0.2, 0) is 22.8 Å².